The molecule has 0 radical (unpaired) electrons. The second kappa shape index (κ2) is 6.13. The first-order valence-electron chi connectivity index (χ1n) is 5.63. The van der Waals surface area contributed by atoms with Gasteiger partial charge in [-0.05, 0) is 12.1 Å². The summed E-state index contributed by atoms with van der Waals surface area (Å²) in [4.78, 5) is 0. The predicted molar refractivity (Wildman–Crippen MR) is 63.9 cm³/mol. The molecule has 2 aromatic rings. The number of hydrogen-bond acceptors (Lipinski definition) is 5. The van der Waals surface area contributed by atoms with Gasteiger partial charge in [-0.15, -0.1) is 5.10 Å². The summed E-state index contributed by atoms with van der Waals surface area (Å²) >= 11 is 0. The minimum absolute atomic E-state index is 0.156. The van der Waals surface area contributed by atoms with Crippen LogP contribution in [0.15, 0.2) is 36.5 Å². The van der Waals surface area contributed by atoms with Crippen LogP contribution in [0.3, 0.4) is 0 Å². The first kappa shape index (κ1) is 12.5. The minimum Gasteiger partial charge on any atom is -0.491 e. The Hall–Kier alpha value is -1.92. The maximum Gasteiger partial charge on any atom is 0.119 e. The molecular weight excluding hydrogens is 234 g/mol. The van der Waals surface area contributed by atoms with Gasteiger partial charge in [-0.25, -0.2) is 4.68 Å². The van der Waals surface area contributed by atoms with Crippen molar-refractivity contribution in [2.45, 2.75) is 19.3 Å². The zero-order valence-electron chi connectivity index (χ0n) is 9.81. The molecule has 0 aliphatic carbocycles. The molecule has 1 aromatic heterocycles. The van der Waals surface area contributed by atoms with E-state index in [9.17, 15) is 5.11 Å². The van der Waals surface area contributed by atoms with Gasteiger partial charge in [0.05, 0.1) is 19.3 Å². The van der Waals surface area contributed by atoms with E-state index in [-0.39, 0.29) is 19.8 Å². The van der Waals surface area contributed by atoms with Gasteiger partial charge in [0, 0.05) is 0 Å². The van der Waals surface area contributed by atoms with Crippen molar-refractivity contribution in [2.75, 3.05) is 6.61 Å². The van der Waals surface area contributed by atoms with Gasteiger partial charge in [0.25, 0.3) is 0 Å². The highest BCUT2D eigenvalue weighted by molar-refractivity contribution is 5.20. The molecule has 0 saturated heterocycles. The molecule has 0 aliphatic heterocycles. The van der Waals surface area contributed by atoms with E-state index in [2.05, 4.69) is 10.3 Å². The molecule has 1 aromatic carbocycles. The maximum atomic E-state index is 9.77. The average Bonchev–Trinajstić information content (AvgIpc) is 2.85. The number of aromatic nitrogens is 3. The molecular formula is C12H15N3O3. The molecule has 96 valence electrons. The SMILES string of the molecule is OCc1cn(CC(O)COc2ccccc2)nn1. The topological polar surface area (TPSA) is 80.4 Å². The van der Waals surface area contributed by atoms with Gasteiger partial charge in [-0.2, -0.15) is 0 Å². The highest BCUT2D eigenvalue weighted by atomic mass is 16.5. The molecule has 0 aliphatic rings. The molecule has 0 bridgehead atoms. The van der Waals surface area contributed by atoms with Crippen molar-refractivity contribution in [1.29, 1.82) is 0 Å². The Kier molecular flexibility index (Phi) is 4.27. The van der Waals surface area contributed by atoms with Crippen LogP contribution < -0.4 is 4.74 Å². The number of ether oxygens (including phenoxy) is 1. The summed E-state index contributed by atoms with van der Waals surface area (Å²) < 4.78 is 6.89. The average molecular weight is 249 g/mol. The van der Waals surface area contributed by atoms with Crippen LogP contribution in [0.1, 0.15) is 5.69 Å². The van der Waals surface area contributed by atoms with Crippen LogP contribution in [0.25, 0.3) is 0 Å². The van der Waals surface area contributed by atoms with Gasteiger partial charge in [0.1, 0.15) is 24.2 Å². The fourth-order valence-corrected chi connectivity index (χ4v) is 1.48. The van der Waals surface area contributed by atoms with Crippen molar-refractivity contribution in [3.05, 3.63) is 42.2 Å². The standard InChI is InChI=1S/C12H15N3O3/c16-8-10-6-15(14-13-10)7-11(17)9-18-12-4-2-1-3-5-12/h1-6,11,16-17H,7-9H2. The lowest BCUT2D eigenvalue weighted by Crippen LogP contribution is -2.23. The van der Waals surface area contributed by atoms with Gasteiger partial charge < -0.3 is 14.9 Å². The summed E-state index contributed by atoms with van der Waals surface area (Å²) in [6, 6.07) is 9.28. The van der Waals surface area contributed by atoms with Crippen LogP contribution in [0.5, 0.6) is 5.75 Å². The summed E-state index contributed by atoms with van der Waals surface area (Å²) in [6.45, 7) is 0.300. The van der Waals surface area contributed by atoms with Crippen LogP contribution in [0.4, 0.5) is 0 Å². The van der Waals surface area contributed by atoms with Gasteiger partial charge in [-0.1, -0.05) is 23.4 Å². The van der Waals surface area contributed by atoms with Crippen molar-refractivity contribution in [2.24, 2.45) is 0 Å². The minimum atomic E-state index is -0.682. The largest absolute Gasteiger partial charge is 0.491 e. The van der Waals surface area contributed by atoms with Crippen LogP contribution in [-0.4, -0.2) is 37.9 Å². The van der Waals surface area contributed by atoms with Crippen molar-refractivity contribution < 1.29 is 14.9 Å². The maximum absolute atomic E-state index is 9.77. The van der Waals surface area contributed by atoms with Crippen LogP contribution in [-0.2, 0) is 13.2 Å². The zero-order valence-corrected chi connectivity index (χ0v) is 9.81. The van der Waals surface area contributed by atoms with Crippen molar-refractivity contribution in [3.8, 4) is 5.75 Å². The first-order valence-corrected chi connectivity index (χ1v) is 5.63. The monoisotopic (exact) mass is 249 g/mol. The Balaban J connectivity index is 1.80. The van der Waals surface area contributed by atoms with Gasteiger partial charge in [0.2, 0.25) is 0 Å². The zero-order chi connectivity index (χ0) is 12.8. The Morgan fingerprint density at radius 3 is 2.72 bits per heavy atom. The van der Waals surface area contributed by atoms with E-state index in [1.807, 2.05) is 30.3 Å². The fraction of sp³-hybridized carbons (Fsp3) is 0.333. The van der Waals surface area contributed by atoms with E-state index >= 15 is 0 Å². The third-order valence-electron chi connectivity index (χ3n) is 2.33. The molecule has 0 amide bonds. The van der Waals surface area contributed by atoms with Crippen LogP contribution in [0, 0.1) is 0 Å². The van der Waals surface area contributed by atoms with Gasteiger partial charge in [-0.3, -0.25) is 0 Å². The van der Waals surface area contributed by atoms with Crippen LogP contribution >= 0.6 is 0 Å². The molecule has 1 atom stereocenters. The Bertz CT molecular complexity index is 472. The van der Waals surface area contributed by atoms with Crippen molar-refractivity contribution in [1.82, 2.24) is 15.0 Å². The third-order valence-corrected chi connectivity index (χ3v) is 2.33. The summed E-state index contributed by atoms with van der Waals surface area (Å²) in [5.41, 5.74) is 0.478. The molecule has 6 heteroatoms. The molecule has 0 fully saturated rings. The summed E-state index contributed by atoms with van der Waals surface area (Å²) in [7, 11) is 0. The number of hydrogen-bond donors (Lipinski definition) is 2. The lowest BCUT2D eigenvalue weighted by molar-refractivity contribution is 0.0888. The number of para-hydroxylation sites is 1. The molecule has 2 rings (SSSR count). The quantitative estimate of drug-likeness (QED) is 0.765. The molecule has 0 saturated carbocycles. The predicted octanol–water partition coefficient (Wildman–Crippen LogP) is 0.210. The second-order valence-corrected chi connectivity index (χ2v) is 3.87. The third kappa shape index (κ3) is 3.54. The Morgan fingerprint density at radius 1 is 1.28 bits per heavy atom. The molecule has 18 heavy (non-hydrogen) atoms. The number of benzene rings is 1. The van der Waals surface area contributed by atoms with E-state index in [1.54, 1.807) is 6.20 Å². The molecule has 6 nitrogen and oxygen atoms in total. The summed E-state index contributed by atoms with van der Waals surface area (Å²) in [5, 5.41) is 26.1. The second-order valence-electron chi connectivity index (χ2n) is 3.87. The molecule has 0 spiro atoms. The number of nitrogens with zero attached hydrogens (tertiary/aromatic N) is 3. The smallest absolute Gasteiger partial charge is 0.119 e. The van der Waals surface area contributed by atoms with E-state index < -0.39 is 6.10 Å². The van der Waals surface area contributed by atoms with E-state index in [0.717, 1.165) is 0 Å². The highest BCUT2D eigenvalue weighted by Crippen LogP contribution is 2.08. The lowest BCUT2D eigenvalue weighted by Gasteiger charge is -2.11. The molecule has 1 heterocycles. The van der Waals surface area contributed by atoms with Crippen molar-refractivity contribution in [3.63, 3.8) is 0 Å². The normalized spacial score (nSPS) is 12.3. The van der Waals surface area contributed by atoms with E-state index in [0.29, 0.717) is 11.4 Å². The Labute approximate surface area is 104 Å². The fourth-order valence-electron chi connectivity index (χ4n) is 1.48. The molecule has 2 N–H and O–H groups in total. The molecule has 1 unspecified atom stereocenters. The van der Waals surface area contributed by atoms with Crippen LogP contribution in [0.2, 0.25) is 0 Å². The number of aliphatic hydroxyl groups is 2. The van der Waals surface area contributed by atoms with E-state index in [1.165, 1.54) is 4.68 Å². The summed E-state index contributed by atoms with van der Waals surface area (Å²) in [5.74, 6) is 0.714. The lowest BCUT2D eigenvalue weighted by atomic mass is 10.3. The Morgan fingerprint density at radius 2 is 2.06 bits per heavy atom. The van der Waals surface area contributed by atoms with Gasteiger partial charge in [0.15, 0.2) is 0 Å². The number of aliphatic hydroxyl groups excluding tert-OH is 2. The number of rotatable bonds is 6. The summed E-state index contributed by atoms with van der Waals surface area (Å²) in [6.07, 6.45) is 0.907. The van der Waals surface area contributed by atoms with Crippen molar-refractivity contribution >= 4 is 0 Å². The van der Waals surface area contributed by atoms with E-state index in [4.69, 9.17) is 9.84 Å². The first-order chi connectivity index (χ1) is 8.78. The highest BCUT2D eigenvalue weighted by Gasteiger charge is 2.08. The van der Waals surface area contributed by atoms with Gasteiger partial charge >= 0.3 is 0 Å².